The van der Waals surface area contributed by atoms with Crippen LogP contribution in [0.15, 0.2) is 413 Å². The normalized spacial score (nSPS) is 11.3. The fourth-order valence-electron chi connectivity index (χ4n) is 16.5. The molecular formula is C110H68N12. The molecule has 21 aromatic rings. The fourth-order valence-corrected chi connectivity index (χ4v) is 16.5. The number of nitrogens with zero attached hydrogens (tertiary/aromatic N) is 12. The van der Waals surface area contributed by atoms with Gasteiger partial charge in [0.1, 0.15) is 6.07 Å². The summed E-state index contributed by atoms with van der Waals surface area (Å²) in [6.07, 6.45) is 7.32. The summed E-state index contributed by atoms with van der Waals surface area (Å²) in [4.78, 5) is 56.6. The van der Waals surface area contributed by atoms with Crippen molar-refractivity contribution in [2.45, 2.75) is 0 Å². The fraction of sp³-hybridized carbons (Fsp3) is 0. The van der Waals surface area contributed by atoms with Crippen molar-refractivity contribution in [1.82, 2.24) is 54.8 Å². The van der Waals surface area contributed by atoms with Crippen LogP contribution in [0.1, 0.15) is 5.56 Å². The molecule has 0 aliphatic heterocycles. The molecule has 0 saturated heterocycles. The summed E-state index contributed by atoms with van der Waals surface area (Å²) in [6, 6.07) is 136. The lowest BCUT2D eigenvalue weighted by molar-refractivity contribution is 1.07. The molecule has 0 bridgehead atoms. The molecule has 0 amide bonds. The second-order valence-corrected chi connectivity index (χ2v) is 29.9. The van der Waals surface area contributed by atoms with Gasteiger partial charge in [0.25, 0.3) is 0 Å². The number of aromatic nitrogens is 11. The molecule has 0 radical (unpaired) electrons. The molecule has 0 spiro atoms. The topological polar surface area (TPSA) is 166 Å². The quantitative estimate of drug-likeness (QED) is 0.0848. The van der Waals surface area contributed by atoms with Crippen molar-refractivity contribution in [3.05, 3.63) is 419 Å². The van der Waals surface area contributed by atoms with E-state index in [0.29, 0.717) is 58.0 Å². The second kappa shape index (κ2) is 32.0. The van der Waals surface area contributed by atoms with Crippen LogP contribution in [-0.2, 0) is 0 Å². The van der Waals surface area contributed by atoms with E-state index in [1.165, 1.54) is 0 Å². The Morgan fingerprint density at radius 3 is 1.12 bits per heavy atom. The van der Waals surface area contributed by atoms with Crippen LogP contribution in [0.25, 0.3) is 224 Å². The molecule has 568 valence electrons. The monoisotopic (exact) mass is 1560 g/mol. The van der Waals surface area contributed by atoms with Crippen molar-refractivity contribution in [1.29, 1.82) is 5.26 Å². The van der Waals surface area contributed by atoms with Crippen molar-refractivity contribution >= 4 is 32.3 Å². The second-order valence-electron chi connectivity index (χ2n) is 29.9. The highest BCUT2D eigenvalue weighted by atomic mass is 15.1. The Labute approximate surface area is 704 Å². The van der Waals surface area contributed by atoms with Crippen LogP contribution < -0.4 is 0 Å². The van der Waals surface area contributed by atoms with Crippen LogP contribution >= 0.6 is 0 Å². The van der Waals surface area contributed by atoms with Gasteiger partial charge in [0.15, 0.2) is 52.4 Å². The highest BCUT2D eigenvalue weighted by molar-refractivity contribution is 6.10. The first-order chi connectivity index (χ1) is 60.4. The van der Waals surface area contributed by atoms with Gasteiger partial charge in [-0.3, -0.25) is 9.97 Å². The van der Waals surface area contributed by atoms with Crippen LogP contribution in [0.4, 0.5) is 0 Å². The van der Waals surface area contributed by atoms with E-state index in [4.69, 9.17) is 44.9 Å². The lowest BCUT2D eigenvalue weighted by Gasteiger charge is -2.18. The minimum atomic E-state index is 0.457. The molecule has 12 heteroatoms. The average Bonchev–Trinajstić information content (AvgIpc) is 0.739. The number of fused-ring (bicyclic) bond motifs is 3. The van der Waals surface area contributed by atoms with Gasteiger partial charge in [-0.05, 0) is 147 Å². The van der Waals surface area contributed by atoms with E-state index in [0.717, 1.165) is 171 Å². The molecule has 0 unspecified atom stereocenters. The predicted molar refractivity (Wildman–Crippen MR) is 492 cm³/mol. The zero-order chi connectivity index (χ0) is 81.2. The molecule has 5 aromatic heterocycles. The van der Waals surface area contributed by atoms with E-state index in [-0.39, 0.29) is 0 Å². The summed E-state index contributed by atoms with van der Waals surface area (Å²) >= 11 is 0. The van der Waals surface area contributed by atoms with Crippen molar-refractivity contribution in [3.8, 4) is 198 Å². The predicted octanol–water partition coefficient (Wildman–Crippen LogP) is 26.7. The Morgan fingerprint density at radius 2 is 0.541 bits per heavy atom. The highest BCUT2D eigenvalue weighted by Crippen LogP contribution is 2.46. The minimum absolute atomic E-state index is 0.457. The molecular weight excluding hydrogens is 1490 g/mol. The molecule has 122 heavy (non-hydrogen) atoms. The molecule has 0 fully saturated rings. The first-order valence-corrected chi connectivity index (χ1v) is 40.4. The third kappa shape index (κ3) is 14.2. The van der Waals surface area contributed by atoms with Gasteiger partial charge in [-0.25, -0.2) is 44.9 Å². The largest absolute Gasteiger partial charge is 0.265 e. The summed E-state index contributed by atoms with van der Waals surface area (Å²) in [6.45, 7) is 0. The van der Waals surface area contributed by atoms with E-state index >= 15 is 0 Å². The number of hydrogen-bond donors (Lipinski definition) is 0. The third-order valence-electron chi connectivity index (χ3n) is 22.6. The summed E-state index contributed by atoms with van der Waals surface area (Å²) in [5.74, 6) is 4.84. The molecule has 0 aliphatic carbocycles. The number of hydrogen-bond acceptors (Lipinski definition) is 12. The Balaban J connectivity index is 0.670. The van der Waals surface area contributed by atoms with Gasteiger partial charge >= 0.3 is 0 Å². The van der Waals surface area contributed by atoms with Crippen molar-refractivity contribution in [2.24, 2.45) is 0 Å². The zero-order valence-electron chi connectivity index (χ0n) is 65.6. The van der Waals surface area contributed by atoms with E-state index in [2.05, 4.69) is 247 Å². The maximum atomic E-state index is 11.4. The van der Waals surface area contributed by atoms with Gasteiger partial charge in [-0.2, -0.15) is 5.26 Å². The molecule has 0 atom stereocenters. The van der Waals surface area contributed by atoms with E-state index in [1.807, 2.05) is 176 Å². The highest BCUT2D eigenvalue weighted by Gasteiger charge is 2.26. The van der Waals surface area contributed by atoms with Gasteiger partial charge in [0.2, 0.25) is 0 Å². The third-order valence-corrected chi connectivity index (χ3v) is 22.6. The van der Waals surface area contributed by atoms with E-state index in [1.54, 1.807) is 6.20 Å². The SMILES string of the molecule is N#Cc1c(-c2cccc(-c3nc(-c4ccccc4)nc(-c4c(-c5ccc(-c6ccncc6)cc5)ccc5c(-c6ccccc6-c6nc(-c7ccccc7)nc(-c7c(-c8ccc(-c9cccnc9)cc8)ccc8ccccc78)n6)cccc45)n3)c2)cccc1-c1ccc2ccc(-c3ccc(-c4nc(-c5ccccc5)nc(-c5ccccc5)n4)cc3)cc2c1. The lowest BCUT2D eigenvalue weighted by atomic mass is 9.88. The zero-order valence-corrected chi connectivity index (χ0v) is 65.6. The smallest absolute Gasteiger partial charge is 0.165 e. The van der Waals surface area contributed by atoms with Gasteiger partial charge < -0.3 is 0 Å². The lowest BCUT2D eigenvalue weighted by Crippen LogP contribution is -2.03. The Hall–Kier alpha value is -16.9. The Morgan fingerprint density at radius 1 is 0.172 bits per heavy atom. The summed E-state index contributed by atoms with van der Waals surface area (Å²) in [7, 11) is 0. The first-order valence-electron chi connectivity index (χ1n) is 40.4. The first kappa shape index (κ1) is 72.8. The van der Waals surface area contributed by atoms with E-state index in [9.17, 15) is 5.26 Å². The van der Waals surface area contributed by atoms with Crippen LogP contribution in [0.5, 0.6) is 0 Å². The molecule has 0 saturated carbocycles. The number of pyridine rings is 2. The standard InChI is InChI=1S/C110H68N12/c111-68-99-89(36-18-37-90(99)85-55-47-73-46-54-83(65-88(73)67-85)71-44-52-82(53-45-71)106-115-102(78-22-5-1-6-23-78)114-103(116-106)79-24-7-2-8-25-79)84-30-17-31-86(66-84)107-117-104(80-26-9-3-10-27-80)119-110(121-107)101-93(77-48-40-70(41-49-77)74-60-63-112-64-61-74)58-59-96-94(38-19-39-97(96)101)95-34-15-16-35-98(95)108-118-105(81-28-11-4-12-29-81)120-109(122-108)100-91-33-14-13-21-75(91)56-57-92(100)76-50-42-72(43-51-76)87-32-20-62-113-69-87/h1-67,69H. The number of benzene rings is 16. The molecule has 21 rings (SSSR count). The Bertz CT molecular complexity index is 7530. The maximum Gasteiger partial charge on any atom is 0.165 e. The van der Waals surface area contributed by atoms with Gasteiger partial charge in [0.05, 0.1) is 5.56 Å². The molecule has 0 aliphatic rings. The van der Waals surface area contributed by atoms with Crippen LogP contribution in [-0.4, -0.2) is 54.8 Å². The van der Waals surface area contributed by atoms with E-state index < -0.39 is 0 Å². The van der Waals surface area contributed by atoms with Crippen molar-refractivity contribution in [2.75, 3.05) is 0 Å². The van der Waals surface area contributed by atoms with Gasteiger partial charge in [-0.1, -0.05) is 352 Å². The van der Waals surface area contributed by atoms with Gasteiger partial charge in [-0.15, -0.1) is 0 Å². The molecule has 16 aromatic carbocycles. The molecule has 0 N–H and O–H groups in total. The molecule has 12 nitrogen and oxygen atoms in total. The van der Waals surface area contributed by atoms with Crippen molar-refractivity contribution in [3.63, 3.8) is 0 Å². The van der Waals surface area contributed by atoms with Crippen LogP contribution in [0.3, 0.4) is 0 Å². The number of nitriles is 1. The average molecular weight is 1560 g/mol. The Kier molecular flexibility index (Phi) is 19.1. The van der Waals surface area contributed by atoms with Crippen LogP contribution in [0.2, 0.25) is 0 Å². The summed E-state index contributed by atoms with van der Waals surface area (Å²) in [5, 5.41) is 17.5. The number of rotatable bonds is 17. The van der Waals surface area contributed by atoms with Crippen LogP contribution in [0, 0.1) is 11.3 Å². The van der Waals surface area contributed by atoms with Gasteiger partial charge in [0, 0.05) is 86.0 Å². The van der Waals surface area contributed by atoms with Crippen molar-refractivity contribution < 1.29 is 0 Å². The summed E-state index contributed by atoms with van der Waals surface area (Å²) in [5.41, 5.74) is 23.6. The molecule has 5 heterocycles. The summed E-state index contributed by atoms with van der Waals surface area (Å²) < 4.78 is 0. The maximum absolute atomic E-state index is 11.4. The minimum Gasteiger partial charge on any atom is -0.265 e.